The van der Waals surface area contributed by atoms with Gasteiger partial charge in [0.25, 0.3) is 0 Å². The van der Waals surface area contributed by atoms with E-state index in [-0.39, 0.29) is 16.7 Å². The fourth-order valence-corrected chi connectivity index (χ4v) is 5.32. The molecule has 8 nitrogen and oxygen atoms in total. The molecule has 0 radical (unpaired) electrons. The molecule has 0 spiro atoms. The van der Waals surface area contributed by atoms with Gasteiger partial charge in [-0.2, -0.15) is 4.31 Å². The number of rotatable bonds is 5. The van der Waals surface area contributed by atoms with Crippen LogP contribution in [-0.4, -0.2) is 46.7 Å². The van der Waals surface area contributed by atoms with Gasteiger partial charge in [-0.25, -0.2) is 13.4 Å². The normalized spacial score (nSPS) is 15.9. The molecule has 0 aliphatic carbocycles. The lowest BCUT2D eigenvalue weighted by Crippen LogP contribution is -2.41. The van der Waals surface area contributed by atoms with E-state index >= 15 is 0 Å². The van der Waals surface area contributed by atoms with Gasteiger partial charge in [-0.3, -0.25) is 14.8 Å². The van der Waals surface area contributed by atoms with Crippen LogP contribution in [0.15, 0.2) is 59.2 Å². The Hall–Kier alpha value is -2.69. The number of sulfonamides is 1. The highest BCUT2D eigenvalue weighted by molar-refractivity contribution is 7.89. The molecule has 3 aromatic rings. The molecule has 1 fully saturated rings. The summed E-state index contributed by atoms with van der Waals surface area (Å²) in [5.41, 5.74) is 1.46. The summed E-state index contributed by atoms with van der Waals surface area (Å²) < 4.78 is 26.7. The number of aromatic nitrogens is 3. The molecule has 3 aromatic heterocycles. The van der Waals surface area contributed by atoms with Crippen molar-refractivity contribution in [2.75, 3.05) is 18.4 Å². The predicted octanol–water partition coefficient (Wildman–Crippen LogP) is 2.64. The van der Waals surface area contributed by atoms with Crippen LogP contribution >= 0.6 is 11.3 Å². The Bertz CT molecular complexity index is 1080. The van der Waals surface area contributed by atoms with Crippen LogP contribution in [0.5, 0.6) is 0 Å². The first-order valence-corrected chi connectivity index (χ1v) is 11.4. The highest BCUT2D eigenvalue weighted by Gasteiger charge is 2.32. The Morgan fingerprint density at radius 3 is 2.62 bits per heavy atom. The Morgan fingerprint density at radius 2 is 1.93 bits per heavy atom. The molecule has 0 bridgehead atoms. The monoisotopic (exact) mass is 429 g/mol. The lowest BCUT2D eigenvalue weighted by atomic mass is 9.97. The molecule has 1 saturated heterocycles. The quantitative estimate of drug-likeness (QED) is 0.668. The molecule has 0 unspecified atom stereocenters. The summed E-state index contributed by atoms with van der Waals surface area (Å²) in [7, 11) is -3.58. The molecular weight excluding hydrogens is 410 g/mol. The third kappa shape index (κ3) is 4.34. The Kier molecular flexibility index (Phi) is 5.65. The average molecular weight is 430 g/mol. The van der Waals surface area contributed by atoms with Crippen LogP contribution in [0.25, 0.3) is 11.4 Å². The summed E-state index contributed by atoms with van der Waals surface area (Å²) in [6.07, 6.45) is 5.50. The van der Waals surface area contributed by atoms with Crippen LogP contribution in [-0.2, 0) is 14.8 Å². The zero-order valence-corrected chi connectivity index (χ0v) is 17.1. The summed E-state index contributed by atoms with van der Waals surface area (Å²) in [4.78, 5) is 25.3. The number of hydrogen-bond acceptors (Lipinski definition) is 7. The van der Waals surface area contributed by atoms with Crippen LogP contribution in [0.2, 0.25) is 0 Å². The molecule has 1 aliphatic heterocycles. The van der Waals surface area contributed by atoms with Crippen molar-refractivity contribution in [3.63, 3.8) is 0 Å². The fraction of sp³-hybridized carbons (Fsp3) is 0.263. The minimum Gasteiger partial charge on any atom is -0.302 e. The number of nitrogens with zero attached hydrogens (tertiary/aromatic N) is 4. The van der Waals surface area contributed by atoms with Gasteiger partial charge in [0.05, 0.1) is 5.69 Å². The van der Waals surface area contributed by atoms with Gasteiger partial charge in [0.2, 0.25) is 15.9 Å². The van der Waals surface area contributed by atoms with E-state index in [9.17, 15) is 13.2 Å². The van der Waals surface area contributed by atoms with E-state index in [0.717, 1.165) is 5.69 Å². The van der Waals surface area contributed by atoms with Crippen molar-refractivity contribution in [2.24, 2.45) is 5.92 Å². The minimum atomic E-state index is -3.58. The summed E-state index contributed by atoms with van der Waals surface area (Å²) in [6, 6.07) is 8.70. The lowest BCUT2D eigenvalue weighted by Gasteiger charge is -2.30. The van der Waals surface area contributed by atoms with Gasteiger partial charge >= 0.3 is 0 Å². The standard InChI is InChI=1S/C19H19N5O3S2/c25-18(23-19-22-17(13-28-19)16-5-1-2-9-21-16)14-6-10-24(11-7-14)29(26,27)15-4-3-8-20-12-15/h1-5,8-9,12-14H,6-7,10-11H2,(H,22,23,25). The topological polar surface area (TPSA) is 105 Å². The van der Waals surface area contributed by atoms with E-state index in [1.807, 2.05) is 23.6 Å². The first kappa shape index (κ1) is 19.6. The zero-order valence-electron chi connectivity index (χ0n) is 15.4. The van der Waals surface area contributed by atoms with Gasteiger partial charge in [-0.15, -0.1) is 11.3 Å². The molecule has 1 amide bonds. The van der Waals surface area contributed by atoms with Crippen LogP contribution in [0.1, 0.15) is 12.8 Å². The van der Waals surface area contributed by atoms with Crippen LogP contribution < -0.4 is 5.32 Å². The molecule has 150 valence electrons. The smallest absolute Gasteiger partial charge is 0.244 e. The van der Waals surface area contributed by atoms with Crippen molar-refractivity contribution in [1.29, 1.82) is 0 Å². The highest BCUT2D eigenvalue weighted by Crippen LogP contribution is 2.27. The summed E-state index contributed by atoms with van der Waals surface area (Å²) >= 11 is 1.34. The van der Waals surface area contributed by atoms with E-state index in [1.165, 1.54) is 34.1 Å². The number of hydrogen-bond donors (Lipinski definition) is 1. The molecule has 4 heterocycles. The molecule has 10 heteroatoms. The number of anilines is 1. The van der Waals surface area contributed by atoms with Crippen LogP contribution in [0.3, 0.4) is 0 Å². The van der Waals surface area contributed by atoms with E-state index in [0.29, 0.717) is 36.8 Å². The van der Waals surface area contributed by atoms with Crippen molar-refractivity contribution >= 4 is 32.4 Å². The average Bonchev–Trinajstić information content (AvgIpc) is 3.23. The van der Waals surface area contributed by atoms with Crippen LogP contribution in [0.4, 0.5) is 5.13 Å². The number of carbonyl (C=O) groups excluding carboxylic acids is 1. The number of carbonyl (C=O) groups is 1. The van der Waals surface area contributed by atoms with Gasteiger partial charge < -0.3 is 5.32 Å². The number of thiazole rings is 1. The van der Waals surface area contributed by atoms with E-state index in [1.54, 1.807) is 12.3 Å². The molecule has 0 atom stereocenters. The number of piperidine rings is 1. The third-order valence-electron chi connectivity index (χ3n) is 4.76. The van der Waals surface area contributed by atoms with Gasteiger partial charge in [0.1, 0.15) is 10.6 Å². The lowest BCUT2D eigenvalue weighted by molar-refractivity contribution is -0.120. The van der Waals surface area contributed by atoms with Gasteiger partial charge in [0, 0.05) is 43.0 Å². The maximum atomic E-state index is 12.7. The van der Waals surface area contributed by atoms with Gasteiger partial charge in [0.15, 0.2) is 5.13 Å². The maximum Gasteiger partial charge on any atom is 0.244 e. The van der Waals surface area contributed by atoms with E-state index in [4.69, 9.17) is 0 Å². The highest BCUT2D eigenvalue weighted by atomic mass is 32.2. The Balaban J connectivity index is 1.36. The molecule has 1 N–H and O–H groups in total. The summed E-state index contributed by atoms with van der Waals surface area (Å²) in [5, 5.41) is 5.21. The predicted molar refractivity (Wildman–Crippen MR) is 110 cm³/mol. The van der Waals surface area contributed by atoms with E-state index < -0.39 is 10.0 Å². The molecule has 29 heavy (non-hydrogen) atoms. The molecule has 0 aromatic carbocycles. The second-order valence-electron chi connectivity index (χ2n) is 6.61. The molecular formula is C19H19N5O3S2. The second kappa shape index (κ2) is 8.36. The maximum absolute atomic E-state index is 12.7. The largest absolute Gasteiger partial charge is 0.302 e. The van der Waals surface area contributed by atoms with E-state index in [2.05, 4.69) is 20.3 Å². The summed E-state index contributed by atoms with van der Waals surface area (Å²) in [6.45, 7) is 0.596. The van der Waals surface area contributed by atoms with Crippen molar-refractivity contribution in [3.8, 4) is 11.4 Å². The van der Waals surface area contributed by atoms with Crippen molar-refractivity contribution in [3.05, 3.63) is 54.3 Å². The molecule has 0 saturated carbocycles. The first-order valence-electron chi connectivity index (χ1n) is 9.12. The third-order valence-corrected chi connectivity index (χ3v) is 7.40. The molecule has 1 aliphatic rings. The fourth-order valence-electron chi connectivity index (χ4n) is 3.18. The van der Waals surface area contributed by atoms with Crippen molar-refractivity contribution in [1.82, 2.24) is 19.3 Å². The minimum absolute atomic E-state index is 0.134. The number of nitrogens with one attached hydrogen (secondary N) is 1. The zero-order chi connectivity index (χ0) is 20.3. The Labute approximate surface area is 172 Å². The summed E-state index contributed by atoms with van der Waals surface area (Å²) in [5.74, 6) is -0.386. The van der Waals surface area contributed by atoms with Gasteiger partial charge in [-0.05, 0) is 37.1 Å². The number of pyridine rings is 2. The SMILES string of the molecule is O=C(Nc1nc(-c2ccccn2)cs1)C1CCN(S(=O)(=O)c2cccnc2)CC1. The van der Waals surface area contributed by atoms with Gasteiger partial charge in [-0.1, -0.05) is 6.07 Å². The van der Waals surface area contributed by atoms with Crippen molar-refractivity contribution in [2.45, 2.75) is 17.7 Å². The second-order valence-corrected chi connectivity index (χ2v) is 9.41. The van der Waals surface area contributed by atoms with Crippen LogP contribution in [0, 0.1) is 5.92 Å². The van der Waals surface area contributed by atoms with Crippen molar-refractivity contribution < 1.29 is 13.2 Å². The number of amides is 1. The molecule has 4 rings (SSSR count). The first-order chi connectivity index (χ1) is 14.0. The Morgan fingerprint density at radius 1 is 1.10 bits per heavy atom.